The summed E-state index contributed by atoms with van der Waals surface area (Å²) in [7, 11) is -3.72. The average molecular weight is 416 g/mol. The van der Waals surface area contributed by atoms with E-state index in [2.05, 4.69) is 0 Å². The van der Waals surface area contributed by atoms with Gasteiger partial charge in [0.1, 0.15) is 9.99 Å². The summed E-state index contributed by atoms with van der Waals surface area (Å²) in [6, 6.07) is 9.42. The van der Waals surface area contributed by atoms with Crippen LogP contribution in [0.25, 0.3) is 0 Å². The van der Waals surface area contributed by atoms with Gasteiger partial charge in [-0.2, -0.15) is 4.31 Å². The zero-order valence-corrected chi connectivity index (χ0v) is 16.2. The van der Waals surface area contributed by atoms with Gasteiger partial charge in [0.25, 0.3) is 10.0 Å². The Balaban J connectivity index is 1.83. The molecule has 3 fully saturated rings. The monoisotopic (exact) mass is 415 g/mol. The number of sulfonamides is 1. The number of piperidine rings is 2. The van der Waals surface area contributed by atoms with Gasteiger partial charge in [0.05, 0.1) is 10.4 Å². The van der Waals surface area contributed by atoms with Crippen molar-refractivity contribution in [2.45, 2.75) is 35.6 Å². The van der Waals surface area contributed by atoms with Crippen molar-refractivity contribution in [2.24, 2.45) is 5.92 Å². The number of hydrogen-bond donors (Lipinski definition) is 0. The Morgan fingerprint density at radius 2 is 1.76 bits per heavy atom. The van der Waals surface area contributed by atoms with Crippen LogP contribution in [0.5, 0.6) is 0 Å². The fraction of sp³-hybridized carbons (Fsp3) is 0.353. The smallest absolute Gasteiger partial charge is 0.253 e. The van der Waals surface area contributed by atoms with Gasteiger partial charge in [-0.15, -0.1) is 11.3 Å². The van der Waals surface area contributed by atoms with Gasteiger partial charge in [0.15, 0.2) is 0 Å². The summed E-state index contributed by atoms with van der Waals surface area (Å²) in [5, 5.41) is 0.579. The lowest BCUT2D eigenvalue weighted by Gasteiger charge is -2.49. The van der Waals surface area contributed by atoms with E-state index in [4.69, 9.17) is 23.2 Å². The number of hydrogen-bond acceptors (Lipinski definition) is 4. The van der Waals surface area contributed by atoms with Gasteiger partial charge < -0.3 is 0 Å². The van der Waals surface area contributed by atoms with E-state index >= 15 is 0 Å². The molecule has 0 radical (unpaired) electrons. The summed E-state index contributed by atoms with van der Waals surface area (Å²) in [5.74, 6) is -0.164. The number of nitrogens with zero attached hydrogens (tertiary/aromatic N) is 1. The predicted molar refractivity (Wildman–Crippen MR) is 98.7 cm³/mol. The highest BCUT2D eigenvalue weighted by molar-refractivity contribution is 7.91. The Kier molecular flexibility index (Phi) is 4.45. The topological polar surface area (TPSA) is 54.5 Å². The maximum absolute atomic E-state index is 13.3. The quantitative estimate of drug-likeness (QED) is 0.739. The molecule has 0 spiro atoms. The Morgan fingerprint density at radius 1 is 1.04 bits per heavy atom. The molecule has 3 heterocycles. The molecule has 1 aromatic heterocycles. The van der Waals surface area contributed by atoms with Crippen LogP contribution in [0.3, 0.4) is 0 Å². The highest BCUT2D eigenvalue weighted by Gasteiger charge is 2.52. The first-order valence-corrected chi connectivity index (χ1v) is 11.0. The van der Waals surface area contributed by atoms with Crippen LogP contribution in [0.1, 0.15) is 30.9 Å². The number of rotatable bonds is 3. The van der Waals surface area contributed by atoms with Crippen LogP contribution in [-0.4, -0.2) is 24.5 Å². The molecule has 25 heavy (non-hydrogen) atoms. The number of fused-ring (bicyclic) bond motifs is 3. The van der Waals surface area contributed by atoms with E-state index in [9.17, 15) is 13.2 Å². The highest BCUT2D eigenvalue weighted by Crippen LogP contribution is 2.49. The number of benzene rings is 1. The van der Waals surface area contributed by atoms with Gasteiger partial charge in [-0.1, -0.05) is 35.3 Å². The number of Topliss-reactive ketones (excluding diaryl/α,β-unsaturated/α-hetero) is 1. The van der Waals surface area contributed by atoms with Crippen LogP contribution in [-0.2, 0) is 14.8 Å². The molecule has 0 unspecified atom stereocenters. The molecule has 5 rings (SSSR count). The fourth-order valence-electron chi connectivity index (χ4n) is 3.90. The van der Waals surface area contributed by atoms with Crippen LogP contribution in [0.2, 0.25) is 9.36 Å². The first kappa shape index (κ1) is 17.5. The molecule has 2 bridgehead atoms. The normalized spacial score (nSPS) is 27.0. The van der Waals surface area contributed by atoms with E-state index in [0.29, 0.717) is 22.2 Å². The predicted octanol–water partition coefficient (Wildman–Crippen LogP) is 4.54. The molecule has 0 N–H and O–H groups in total. The zero-order valence-electron chi connectivity index (χ0n) is 13.1. The number of ketones is 1. The van der Waals surface area contributed by atoms with Gasteiger partial charge in [-0.3, -0.25) is 4.79 Å². The van der Waals surface area contributed by atoms with E-state index in [-0.39, 0.29) is 28.4 Å². The van der Waals surface area contributed by atoms with Crippen molar-refractivity contribution in [3.63, 3.8) is 0 Å². The third-order valence-electron chi connectivity index (χ3n) is 4.97. The third kappa shape index (κ3) is 2.94. The standard InChI is InChI=1S/C17H15Cl2NO3S2/c18-11-3-1-10(2-4-11)17-13-6-5-12(9-14(13)21)20(17)25(22,23)16-8-7-15(19)24-16/h1-4,7-8,12-13,17H,5-6,9H2/t12-,13+,17+/m0/s1. The molecule has 8 heteroatoms. The van der Waals surface area contributed by atoms with Gasteiger partial charge in [0.2, 0.25) is 0 Å². The minimum Gasteiger partial charge on any atom is -0.299 e. The minimum atomic E-state index is -3.72. The SMILES string of the molecule is O=C1C[C@@H]2CC[C@H]1[C@@H](c1ccc(Cl)cc1)N2S(=O)(=O)c1ccc(Cl)s1. The van der Waals surface area contributed by atoms with E-state index in [1.54, 1.807) is 18.2 Å². The third-order valence-corrected chi connectivity index (χ3v) is 8.85. The zero-order chi connectivity index (χ0) is 17.8. The molecule has 2 aliphatic heterocycles. The maximum atomic E-state index is 13.3. The Hall–Kier alpha value is -0.920. The molecule has 1 aromatic carbocycles. The average Bonchev–Trinajstić information content (AvgIpc) is 3.02. The van der Waals surface area contributed by atoms with E-state index in [1.165, 1.54) is 10.4 Å². The van der Waals surface area contributed by atoms with Gasteiger partial charge in [-0.25, -0.2) is 8.42 Å². The molecule has 0 amide bonds. The van der Waals surface area contributed by atoms with Crippen molar-refractivity contribution in [3.05, 3.63) is 51.3 Å². The van der Waals surface area contributed by atoms with Crippen molar-refractivity contribution in [2.75, 3.05) is 0 Å². The van der Waals surface area contributed by atoms with Crippen molar-refractivity contribution in [3.8, 4) is 0 Å². The van der Waals surface area contributed by atoms with E-state index < -0.39 is 16.1 Å². The van der Waals surface area contributed by atoms with Gasteiger partial charge in [-0.05, 0) is 42.7 Å². The molecule has 3 atom stereocenters. The summed E-state index contributed by atoms with van der Waals surface area (Å²) >= 11 is 13.0. The highest BCUT2D eigenvalue weighted by atomic mass is 35.5. The van der Waals surface area contributed by atoms with Crippen LogP contribution >= 0.6 is 34.5 Å². The Bertz CT molecular complexity index is 924. The van der Waals surface area contributed by atoms with Crippen molar-refractivity contribution < 1.29 is 13.2 Å². The summed E-state index contributed by atoms with van der Waals surface area (Å²) in [6.45, 7) is 0. The van der Waals surface area contributed by atoms with E-state index in [1.807, 2.05) is 12.1 Å². The van der Waals surface area contributed by atoms with Crippen LogP contribution in [0.15, 0.2) is 40.6 Å². The van der Waals surface area contributed by atoms with Crippen molar-refractivity contribution >= 4 is 50.3 Å². The van der Waals surface area contributed by atoms with Crippen LogP contribution in [0, 0.1) is 5.92 Å². The largest absolute Gasteiger partial charge is 0.299 e. The second-order valence-electron chi connectivity index (χ2n) is 6.40. The van der Waals surface area contributed by atoms with Crippen LogP contribution < -0.4 is 0 Å². The lowest BCUT2D eigenvalue weighted by atomic mass is 9.73. The first-order valence-electron chi connectivity index (χ1n) is 7.95. The lowest BCUT2D eigenvalue weighted by Crippen LogP contribution is -2.56. The van der Waals surface area contributed by atoms with Crippen LogP contribution in [0.4, 0.5) is 0 Å². The number of carbonyl (C=O) groups excluding carboxylic acids is 1. The number of carbonyl (C=O) groups is 1. The molecule has 3 aliphatic rings. The first-order chi connectivity index (χ1) is 11.9. The molecular formula is C17H15Cl2NO3S2. The fourth-order valence-corrected chi connectivity index (χ4v) is 7.48. The second kappa shape index (κ2) is 6.35. The molecule has 1 saturated carbocycles. The molecule has 2 aromatic rings. The summed E-state index contributed by atoms with van der Waals surface area (Å²) in [6.07, 6.45) is 1.71. The molecule has 132 valence electrons. The number of thiophene rings is 1. The molecule has 4 nitrogen and oxygen atoms in total. The summed E-state index contributed by atoms with van der Waals surface area (Å²) in [5.41, 5.74) is 0.804. The van der Waals surface area contributed by atoms with Gasteiger partial charge in [0, 0.05) is 23.4 Å². The second-order valence-corrected chi connectivity index (χ2v) is 10.6. The Labute approximate surface area is 160 Å². The molecule has 1 aliphatic carbocycles. The lowest BCUT2D eigenvalue weighted by molar-refractivity contribution is -0.133. The maximum Gasteiger partial charge on any atom is 0.253 e. The van der Waals surface area contributed by atoms with E-state index in [0.717, 1.165) is 16.9 Å². The number of halogens is 2. The Morgan fingerprint density at radius 3 is 2.36 bits per heavy atom. The summed E-state index contributed by atoms with van der Waals surface area (Å²) in [4.78, 5) is 12.5. The van der Waals surface area contributed by atoms with Crippen molar-refractivity contribution in [1.82, 2.24) is 4.31 Å². The van der Waals surface area contributed by atoms with Crippen molar-refractivity contribution in [1.29, 1.82) is 0 Å². The minimum absolute atomic E-state index is 0.145. The molecule has 2 saturated heterocycles. The summed E-state index contributed by atoms with van der Waals surface area (Å²) < 4.78 is 28.8. The molecular weight excluding hydrogens is 401 g/mol. The van der Waals surface area contributed by atoms with Gasteiger partial charge >= 0.3 is 0 Å².